The van der Waals surface area contributed by atoms with Crippen molar-refractivity contribution in [2.24, 2.45) is 5.92 Å². The molecule has 0 amide bonds. The molecule has 0 radical (unpaired) electrons. The molecular weight excluding hydrogens is 192 g/mol. The van der Waals surface area contributed by atoms with Crippen LogP contribution in [0.1, 0.15) is 0 Å². The van der Waals surface area contributed by atoms with Crippen molar-refractivity contribution in [2.45, 2.75) is 18.0 Å². The van der Waals surface area contributed by atoms with Gasteiger partial charge in [-0.15, -0.1) is 0 Å². The van der Waals surface area contributed by atoms with E-state index < -0.39 is 23.9 Å². The molecule has 2 aliphatic heterocycles. The first-order chi connectivity index (χ1) is 6.73. The first-order valence-corrected chi connectivity index (χ1v) is 4.50. The number of aliphatic hydroxyl groups excluding tert-OH is 3. The van der Waals surface area contributed by atoms with Crippen LogP contribution in [0.25, 0.3) is 0 Å². The smallest absolute Gasteiger partial charge is 0.182 e. The fraction of sp³-hybridized carbons (Fsp3) is 1.00. The van der Waals surface area contributed by atoms with Crippen molar-refractivity contribution < 1.29 is 29.5 Å². The zero-order valence-electron chi connectivity index (χ0n) is 7.63. The molecule has 2 fully saturated rings. The SMILES string of the molecule is OCC1C2OCOC[C@]1(CO)O[C@H]2O. The molecule has 2 aliphatic rings. The molecule has 2 rings (SSSR count). The number of rotatable bonds is 2. The van der Waals surface area contributed by atoms with Gasteiger partial charge in [-0.05, 0) is 0 Å². The second-order valence-electron chi connectivity index (χ2n) is 3.62. The van der Waals surface area contributed by atoms with Gasteiger partial charge in [0.05, 0.1) is 19.8 Å². The predicted octanol–water partition coefficient (Wildman–Crippen LogP) is -1.95. The summed E-state index contributed by atoms with van der Waals surface area (Å²) >= 11 is 0. The minimum atomic E-state index is -1.11. The normalized spacial score (nSPS) is 47.8. The second-order valence-corrected chi connectivity index (χ2v) is 3.62. The highest BCUT2D eigenvalue weighted by molar-refractivity contribution is 5.00. The van der Waals surface area contributed by atoms with Gasteiger partial charge in [0.1, 0.15) is 18.5 Å². The highest BCUT2D eigenvalue weighted by Crippen LogP contribution is 2.39. The van der Waals surface area contributed by atoms with Crippen molar-refractivity contribution in [1.82, 2.24) is 0 Å². The Morgan fingerprint density at radius 2 is 2.14 bits per heavy atom. The van der Waals surface area contributed by atoms with Crippen LogP contribution in [0.4, 0.5) is 0 Å². The van der Waals surface area contributed by atoms with E-state index in [9.17, 15) is 15.3 Å². The topological polar surface area (TPSA) is 88.4 Å². The molecule has 2 bridgehead atoms. The number of aliphatic hydroxyl groups is 3. The predicted molar refractivity (Wildman–Crippen MR) is 43.2 cm³/mol. The van der Waals surface area contributed by atoms with Crippen LogP contribution in [-0.4, -0.2) is 59.9 Å². The molecule has 0 aromatic carbocycles. The lowest BCUT2D eigenvalue weighted by atomic mass is 9.87. The van der Waals surface area contributed by atoms with E-state index in [0.717, 1.165) is 0 Å². The Hall–Kier alpha value is -0.240. The maximum atomic E-state index is 9.50. The zero-order valence-corrected chi connectivity index (χ0v) is 7.63. The van der Waals surface area contributed by atoms with Gasteiger partial charge in [-0.25, -0.2) is 0 Å². The van der Waals surface area contributed by atoms with Crippen LogP contribution < -0.4 is 0 Å². The van der Waals surface area contributed by atoms with E-state index in [1.165, 1.54) is 0 Å². The summed E-state index contributed by atoms with van der Waals surface area (Å²) < 4.78 is 15.4. The number of hydrogen-bond acceptors (Lipinski definition) is 6. The Labute approximate surface area is 81.0 Å². The maximum absolute atomic E-state index is 9.50. The Morgan fingerprint density at radius 1 is 1.36 bits per heavy atom. The first kappa shape index (κ1) is 10.3. The zero-order chi connectivity index (χ0) is 10.2. The Kier molecular flexibility index (Phi) is 2.74. The summed E-state index contributed by atoms with van der Waals surface area (Å²) in [7, 11) is 0. The van der Waals surface area contributed by atoms with Crippen LogP contribution in [0.2, 0.25) is 0 Å². The van der Waals surface area contributed by atoms with E-state index in [1.54, 1.807) is 0 Å². The van der Waals surface area contributed by atoms with E-state index in [-0.39, 0.29) is 26.6 Å². The molecule has 14 heavy (non-hydrogen) atoms. The maximum Gasteiger partial charge on any atom is 0.182 e. The molecule has 82 valence electrons. The van der Waals surface area contributed by atoms with Crippen LogP contribution in [0.3, 0.4) is 0 Å². The lowest BCUT2D eigenvalue weighted by Crippen LogP contribution is -2.46. The van der Waals surface area contributed by atoms with E-state index in [0.29, 0.717) is 0 Å². The molecule has 2 saturated heterocycles. The van der Waals surface area contributed by atoms with Gasteiger partial charge < -0.3 is 29.5 Å². The average molecular weight is 206 g/mol. The summed E-state index contributed by atoms with van der Waals surface area (Å²) in [4.78, 5) is 0. The third kappa shape index (κ3) is 1.35. The lowest BCUT2D eigenvalue weighted by molar-refractivity contribution is -0.233. The molecule has 6 heteroatoms. The van der Waals surface area contributed by atoms with Crippen molar-refractivity contribution in [1.29, 1.82) is 0 Å². The quantitative estimate of drug-likeness (QED) is 0.486. The molecule has 6 nitrogen and oxygen atoms in total. The van der Waals surface area contributed by atoms with E-state index in [1.807, 2.05) is 0 Å². The fourth-order valence-corrected chi connectivity index (χ4v) is 2.04. The summed E-state index contributed by atoms with van der Waals surface area (Å²) in [5, 5.41) is 27.9. The summed E-state index contributed by atoms with van der Waals surface area (Å²) in [6, 6.07) is 0. The second kappa shape index (κ2) is 3.73. The van der Waals surface area contributed by atoms with Crippen LogP contribution in [0, 0.1) is 5.92 Å². The molecule has 0 saturated carbocycles. The van der Waals surface area contributed by atoms with Crippen LogP contribution in [0.5, 0.6) is 0 Å². The summed E-state index contributed by atoms with van der Waals surface area (Å²) in [5.41, 5.74) is -1.03. The molecule has 4 atom stereocenters. The van der Waals surface area contributed by atoms with Crippen LogP contribution in [0.15, 0.2) is 0 Å². The van der Waals surface area contributed by atoms with E-state index in [4.69, 9.17) is 14.2 Å². The minimum absolute atomic E-state index is 0.0450. The largest absolute Gasteiger partial charge is 0.396 e. The number of fused-ring (bicyclic) bond motifs is 2. The van der Waals surface area contributed by atoms with Crippen molar-refractivity contribution in [3.05, 3.63) is 0 Å². The van der Waals surface area contributed by atoms with Gasteiger partial charge in [0, 0.05) is 5.92 Å². The minimum Gasteiger partial charge on any atom is -0.396 e. The summed E-state index contributed by atoms with van der Waals surface area (Å²) in [6.45, 7) is -0.369. The lowest BCUT2D eigenvalue weighted by Gasteiger charge is -2.29. The van der Waals surface area contributed by atoms with Gasteiger partial charge in [0.15, 0.2) is 6.29 Å². The molecular formula is C8H14O6. The van der Waals surface area contributed by atoms with Crippen molar-refractivity contribution in [2.75, 3.05) is 26.6 Å². The molecule has 0 aromatic heterocycles. The average Bonchev–Trinajstić information content (AvgIpc) is 2.33. The standard InChI is InChI=1S/C8H14O6/c9-1-5-6-7(11)14-8(5,2-10)3-12-4-13-6/h5-7,9-11H,1-4H2/t5?,6?,7-,8+/m1/s1. The third-order valence-electron chi connectivity index (χ3n) is 2.86. The van der Waals surface area contributed by atoms with Gasteiger partial charge in [0.25, 0.3) is 0 Å². The molecule has 0 spiro atoms. The van der Waals surface area contributed by atoms with Crippen molar-refractivity contribution in [3.63, 3.8) is 0 Å². The van der Waals surface area contributed by atoms with Crippen LogP contribution >= 0.6 is 0 Å². The molecule has 0 aromatic rings. The van der Waals surface area contributed by atoms with Gasteiger partial charge in [0.2, 0.25) is 0 Å². The van der Waals surface area contributed by atoms with E-state index >= 15 is 0 Å². The monoisotopic (exact) mass is 206 g/mol. The van der Waals surface area contributed by atoms with Gasteiger partial charge in [-0.1, -0.05) is 0 Å². The number of ether oxygens (including phenoxy) is 3. The van der Waals surface area contributed by atoms with E-state index in [2.05, 4.69) is 0 Å². The molecule has 3 N–H and O–H groups in total. The molecule has 2 heterocycles. The number of hydrogen-bond donors (Lipinski definition) is 3. The van der Waals surface area contributed by atoms with Crippen LogP contribution in [-0.2, 0) is 14.2 Å². The Balaban J connectivity index is 2.26. The van der Waals surface area contributed by atoms with Crippen molar-refractivity contribution in [3.8, 4) is 0 Å². The molecule has 0 aliphatic carbocycles. The molecule has 2 unspecified atom stereocenters. The van der Waals surface area contributed by atoms with Crippen molar-refractivity contribution >= 4 is 0 Å². The summed E-state index contributed by atoms with van der Waals surface area (Å²) in [5.74, 6) is -0.454. The fourth-order valence-electron chi connectivity index (χ4n) is 2.04. The van der Waals surface area contributed by atoms with Gasteiger partial charge >= 0.3 is 0 Å². The first-order valence-electron chi connectivity index (χ1n) is 4.50. The van der Waals surface area contributed by atoms with Gasteiger partial charge in [-0.2, -0.15) is 0 Å². The Morgan fingerprint density at radius 3 is 2.79 bits per heavy atom. The summed E-state index contributed by atoms with van der Waals surface area (Å²) in [6.07, 6.45) is -1.74. The Bertz CT molecular complexity index is 210. The highest BCUT2D eigenvalue weighted by atomic mass is 16.7. The highest BCUT2D eigenvalue weighted by Gasteiger charge is 2.56. The van der Waals surface area contributed by atoms with Gasteiger partial charge in [-0.3, -0.25) is 0 Å². The third-order valence-corrected chi connectivity index (χ3v) is 2.86.